The van der Waals surface area contributed by atoms with Crippen LogP contribution in [0.2, 0.25) is 0 Å². The number of likely N-dealkylation sites (tertiary alicyclic amines) is 1. The summed E-state index contributed by atoms with van der Waals surface area (Å²) in [6.07, 6.45) is 10.7. The first kappa shape index (κ1) is 20.5. The average Bonchev–Trinajstić information content (AvgIpc) is 2.99. The lowest BCUT2D eigenvalue weighted by Crippen LogP contribution is -2.29. The molecule has 0 saturated carbocycles. The Hall–Kier alpha value is -2.79. The Balaban J connectivity index is 1.46. The Labute approximate surface area is 179 Å². The van der Waals surface area contributed by atoms with Crippen molar-refractivity contribution in [3.05, 3.63) is 61.3 Å². The van der Waals surface area contributed by atoms with Gasteiger partial charge in [-0.15, -0.1) is 0 Å². The first-order valence-electron chi connectivity index (χ1n) is 10.9. The van der Waals surface area contributed by atoms with E-state index in [4.69, 9.17) is 0 Å². The van der Waals surface area contributed by atoms with Gasteiger partial charge in [0.05, 0.1) is 11.9 Å². The molecule has 3 aromatic rings. The minimum atomic E-state index is 0.491. The van der Waals surface area contributed by atoms with E-state index in [0.29, 0.717) is 5.92 Å². The van der Waals surface area contributed by atoms with Crippen molar-refractivity contribution in [3.8, 4) is 11.3 Å². The number of pyridine rings is 1. The van der Waals surface area contributed by atoms with E-state index in [-0.39, 0.29) is 0 Å². The lowest BCUT2D eigenvalue weighted by molar-refractivity contribution is 0.252. The topological polar surface area (TPSA) is 53.9 Å². The van der Waals surface area contributed by atoms with Crippen LogP contribution < -0.4 is 5.32 Å². The van der Waals surface area contributed by atoms with Gasteiger partial charge >= 0.3 is 0 Å². The summed E-state index contributed by atoms with van der Waals surface area (Å²) >= 11 is 0. The summed E-state index contributed by atoms with van der Waals surface area (Å²) in [7, 11) is 0. The highest BCUT2D eigenvalue weighted by Gasteiger charge is 2.20. The number of aromatic nitrogens is 3. The fourth-order valence-electron chi connectivity index (χ4n) is 4.29. The maximum absolute atomic E-state index is 4.61. The van der Waals surface area contributed by atoms with Gasteiger partial charge in [0.15, 0.2) is 0 Å². The van der Waals surface area contributed by atoms with Gasteiger partial charge in [0.2, 0.25) is 0 Å². The average molecular weight is 402 g/mol. The molecule has 2 aromatic heterocycles. The number of fused-ring (bicyclic) bond motifs is 1. The third kappa shape index (κ3) is 5.03. The fraction of sp³-hybridized carbons (Fsp3) is 0.400. The maximum atomic E-state index is 4.61. The quantitative estimate of drug-likeness (QED) is 0.601. The third-order valence-corrected chi connectivity index (χ3v) is 5.81. The van der Waals surface area contributed by atoms with Crippen LogP contribution in [0.1, 0.15) is 33.1 Å². The van der Waals surface area contributed by atoms with Gasteiger partial charge in [-0.25, -0.2) is 4.98 Å². The van der Waals surface area contributed by atoms with E-state index in [9.17, 15) is 0 Å². The van der Waals surface area contributed by atoms with Crippen LogP contribution in [0.15, 0.2) is 61.3 Å². The molecule has 5 heteroatoms. The first-order chi connectivity index (χ1) is 14.6. The molecule has 1 saturated heterocycles. The van der Waals surface area contributed by atoms with E-state index in [2.05, 4.69) is 69.9 Å². The molecule has 0 radical (unpaired) electrons. The van der Waals surface area contributed by atoms with E-state index >= 15 is 0 Å². The smallest absolute Gasteiger partial charge is 0.130 e. The van der Waals surface area contributed by atoms with Crippen LogP contribution in [0.5, 0.6) is 0 Å². The molecule has 156 valence electrons. The maximum Gasteiger partial charge on any atom is 0.130 e. The Morgan fingerprint density at radius 3 is 2.80 bits per heavy atom. The molecule has 0 bridgehead atoms. The zero-order valence-electron chi connectivity index (χ0n) is 18.0. The van der Waals surface area contributed by atoms with Crippen molar-refractivity contribution in [2.75, 3.05) is 25.0 Å². The minimum Gasteiger partial charge on any atom is -0.344 e. The van der Waals surface area contributed by atoms with Crippen molar-refractivity contribution in [2.45, 2.75) is 33.1 Å². The highest BCUT2D eigenvalue weighted by atomic mass is 15.1. The van der Waals surface area contributed by atoms with E-state index in [1.54, 1.807) is 18.6 Å². The molecule has 1 unspecified atom stereocenters. The molecule has 1 fully saturated rings. The van der Waals surface area contributed by atoms with Crippen LogP contribution in [0.3, 0.4) is 0 Å². The second-order valence-electron chi connectivity index (χ2n) is 8.69. The van der Waals surface area contributed by atoms with Gasteiger partial charge in [0, 0.05) is 41.8 Å². The Bertz CT molecular complexity index is 999. The Morgan fingerprint density at radius 1 is 1.10 bits per heavy atom. The fourth-order valence-corrected chi connectivity index (χ4v) is 4.29. The van der Waals surface area contributed by atoms with Gasteiger partial charge in [-0.2, -0.15) is 0 Å². The highest BCUT2D eigenvalue weighted by molar-refractivity contribution is 5.88. The van der Waals surface area contributed by atoms with Crippen LogP contribution in [-0.2, 0) is 0 Å². The van der Waals surface area contributed by atoms with Crippen LogP contribution in [0.4, 0.5) is 5.82 Å². The number of hydrogen-bond donors (Lipinski definition) is 1. The predicted octanol–water partition coefficient (Wildman–Crippen LogP) is 5.38. The summed E-state index contributed by atoms with van der Waals surface area (Å²) in [6, 6.07) is 8.39. The zero-order valence-corrected chi connectivity index (χ0v) is 18.0. The third-order valence-electron chi connectivity index (χ3n) is 5.81. The van der Waals surface area contributed by atoms with Crippen LogP contribution in [0, 0.1) is 11.8 Å². The summed E-state index contributed by atoms with van der Waals surface area (Å²) in [4.78, 5) is 15.8. The molecule has 5 nitrogen and oxygen atoms in total. The minimum absolute atomic E-state index is 0.491. The molecule has 1 atom stereocenters. The van der Waals surface area contributed by atoms with Crippen LogP contribution in [0.25, 0.3) is 22.0 Å². The van der Waals surface area contributed by atoms with Crippen molar-refractivity contribution >= 4 is 16.6 Å². The van der Waals surface area contributed by atoms with Gasteiger partial charge in [-0.1, -0.05) is 32.6 Å². The van der Waals surface area contributed by atoms with E-state index in [1.807, 2.05) is 6.20 Å². The lowest BCUT2D eigenvalue weighted by Gasteiger charge is -2.22. The predicted molar refractivity (Wildman–Crippen MR) is 124 cm³/mol. The summed E-state index contributed by atoms with van der Waals surface area (Å²) in [6.45, 7) is 12.5. The van der Waals surface area contributed by atoms with Gasteiger partial charge in [0.1, 0.15) is 5.82 Å². The molecule has 0 spiro atoms. The van der Waals surface area contributed by atoms with E-state index in [0.717, 1.165) is 52.4 Å². The summed E-state index contributed by atoms with van der Waals surface area (Å²) in [5.74, 6) is 2.06. The number of rotatable bonds is 6. The summed E-state index contributed by atoms with van der Waals surface area (Å²) in [5.41, 5.74) is 3.01. The first-order valence-corrected chi connectivity index (χ1v) is 10.9. The van der Waals surface area contributed by atoms with Gasteiger partial charge in [0.25, 0.3) is 0 Å². The molecule has 1 N–H and O–H groups in total. The number of hydrogen-bond acceptors (Lipinski definition) is 5. The largest absolute Gasteiger partial charge is 0.344 e. The Kier molecular flexibility index (Phi) is 6.38. The molecular formula is C25H31N5. The lowest BCUT2D eigenvalue weighted by atomic mass is 9.97. The molecule has 1 aliphatic heterocycles. The van der Waals surface area contributed by atoms with E-state index in [1.165, 1.54) is 25.9 Å². The molecule has 0 amide bonds. The second kappa shape index (κ2) is 9.35. The normalized spacial score (nSPS) is 17.8. The molecule has 1 aromatic carbocycles. The highest BCUT2D eigenvalue weighted by Crippen LogP contribution is 2.27. The van der Waals surface area contributed by atoms with Crippen molar-refractivity contribution in [1.82, 2.24) is 19.9 Å². The molecule has 4 rings (SSSR count). The molecule has 3 heterocycles. The molecule has 30 heavy (non-hydrogen) atoms. The summed E-state index contributed by atoms with van der Waals surface area (Å²) in [5, 5.41) is 5.74. The number of benzene rings is 1. The number of allylic oxidation sites excluding steroid dienone is 1. The van der Waals surface area contributed by atoms with Gasteiger partial charge in [-0.3, -0.25) is 9.97 Å². The molecule has 1 aliphatic rings. The van der Waals surface area contributed by atoms with Crippen molar-refractivity contribution in [1.29, 1.82) is 0 Å². The summed E-state index contributed by atoms with van der Waals surface area (Å²) < 4.78 is 0. The molecular weight excluding hydrogens is 370 g/mol. The Morgan fingerprint density at radius 2 is 2.00 bits per heavy atom. The van der Waals surface area contributed by atoms with Crippen molar-refractivity contribution < 1.29 is 0 Å². The van der Waals surface area contributed by atoms with E-state index < -0.39 is 0 Å². The van der Waals surface area contributed by atoms with Gasteiger partial charge in [-0.05, 0) is 61.7 Å². The second-order valence-corrected chi connectivity index (χ2v) is 8.69. The zero-order chi connectivity index (χ0) is 20.9. The van der Waals surface area contributed by atoms with Gasteiger partial charge < -0.3 is 10.2 Å². The number of nitrogens with zero attached hydrogens (tertiary/aromatic N) is 4. The number of nitrogens with one attached hydrogen (secondary N) is 1. The van der Waals surface area contributed by atoms with Crippen LogP contribution >= 0.6 is 0 Å². The SMILES string of the molecule is C=C(Nc1cc2cc(-c3cnccn3)ccc2cn1)C1CCCN(CC(C)C)CC1. The monoisotopic (exact) mass is 401 g/mol. The molecule has 0 aliphatic carbocycles. The number of anilines is 1. The van der Waals surface area contributed by atoms with Crippen molar-refractivity contribution in [2.24, 2.45) is 11.8 Å². The van der Waals surface area contributed by atoms with Crippen molar-refractivity contribution in [3.63, 3.8) is 0 Å². The standard InChI is InChI=1S/C25H31N5/c1-18(2)17-30-11-4-5-20(8-12-30)19(3)29-25-14-23-13-21(6-7-22(23)15-28-25)24-16-26-9-10-27-24/h6-7,9-10,13-16,18,20H,3-5,8,11-12,17H2,1-2H3,(H,28,29). The van der Waals surface area contributed by atoms with Crippen LogP contribution in [-0.4, -0.2) is 39.5 Å².